The van der Waals surface area contributed by atoms with Crippen LogP contribution in [0.5, 0.6) is 0 Å². The second kappa shape index (κ2) is 5.84. The van der Waals surface area contributed by atoms with E-state index < -0.39 is 40.2 Å². The molecule has 0 aliphatic heterocycles. The Morgan fingerprint density at radius 1 is 1.22 bits per heavy atom. The molecule has 0 aliphatic carbocycles. The van der Waals surface area contributed by atoms with Crippen molar-refractivity contribution < 1.29 is 17.6 Å². The van der Waals surface area contributed by atoms with E-state index >= 15 is 0 Å². The van der Waals surface area contributed by atoms with Gasteiger partial charge in [0.2, 0.25) is 0 Å². The van der Waals surface area contributed by atoms with E-state index in [9.17, 15) is 27.2 Å². The molecule has 0 atom stereocenters. The molecule has 2 rings (SSSR count). The van der Waals surface area contributed by atoms with E-state index in [0.717, 1.165) is 19.2 Å². The fourth-order valence-electron chi connectivity index (χ4n) is 2.33. The van der Waals surface area contributed by atoms with Crippen LogP contribution in [0.15, 0.2) is 27.8 Å². The molecule has 1 heterocycles. The summed E-state index contributed by atoms with van der Waals surface area (Å²) < 4.78 is 54.0. The first kappa shape index (κ1) is 17.3. The fraction of sp³-hybridized carbons (Fsp3) is 0.286. The van der Waals surface area contributed by atoms with Crippen LogP contribution >= 0.6 is 11.6 Å². The number of rotatable bonds is 2. The van der Waals surface area contributed by atoms with Crippen molar-refractivity contribution in [3.05, 3.63) is 61.1 Å². The first-order valence-corrected chi connectivity index (χ1v) is 6.85. The van der Waals surface area contributed by atoms with Gasteiger partial charge in [0.1, 0.15) is 11.5 Å². The number of nitrogens with zero attached hydrogens (tertiary/aromatic N) is 2. The van der Waals surface area contributed by atoms with Crippen molar-refractivity contribution in [3.8, 4) is 5.69 Å². The van der Waals surface area contributed by atoms with Gasteiger partial charge in [-0.25, -0.2) is 13.8 Å². The summed E-state index contributed by atoms with van der Waals surface area (Å²) in [7, 11) is 0.883. The Bertz CT molecular complexity index is 884. The first-order valence-electron chi connectivity index (χ1n) is 6.47. The highest BCUT2D eigenvalue weighted by Gasteiger charge is 2.38. The number of halogens is 5. The molecule has 0 amide bonds. The van der Waals surface area contributed by atoms with Crippen LogP contribution < -0.4 is 11.2 Å². The summed E-state index contributed by atoms with van der Waals surface area (Å²) in [5.41, 5.74) is -4.90. The van der Waals surface area contributed by atoms with Gasteiger partial charge in [-0.1, -0.05) is 18.5 Å². The summed E-state index contributed by atoms with van der Waals surface area (Å²) in [5, 5.41) is 0.0266. The quantitative estimate of drug-likeness (QED) is 0.782. The van der Waals surface area contributed by atoms with Crippen LogP contribution in [0.25, 0.3) is 5.69 Å². The molecule has 0 fully saturated rings. The number of benzene rings is 1. The lowest BCUT2D eigenvalue weighted by atomic mass is 10.1. The smallest absolute Gasteiger partial charge is 0.292 e. The van der Waals surface area contributed by atoms with Gasteiger partial charge in [-0.3, -0.25) is 9.36 Å². The van der Waals surface area contributed by atoms with Crippen molar-refractivity contribution >= 4 is 11.6 Å². The van der Waals surface area contributed by atoms with Crippen molar-refractivity contribution in [2.45, 2.75) is 19.5 Å². The predicted molar refractivity (Wildman–Crippen MR) is 76.6 cm³/mol. The molecule has 1 aromatic heterocycles. The Hall–Kier alpha value is -2.09. The Kier molecular flexibility index (Phi) is 4.39. The summed E-state index contributed by atoms with van der Waals surface area (Å²) in [5.74, 6) is -0.987. The summed E-state index contributed by atoms with van der Waals surface area (Å²) >= 11 is 5.60. The number of hydrogen-bond acceptors (Lipinski definition) is 2. The highest BCUT2D eigenvalue weighted by Crippen LogP contribution is 2.30. The molecule has 0 aliphatic rings. The van der Waals surface area contributed by atoms with Crippen molar-refractivity contribution in [3.63, 3.8) is 0 Å². The minimum atomic E-state index is -4.88. The Balaban J connectivity index is 2.96. The molecule has 1 aromatic carbocycles. The van der Waals surface area contributed by atoms with E-state index in [1.165, 1.54) is 13.0 Å². The van der Waals surface area contributed by atoms with Crippen molar-refractivity contribution in [2.75, 3.05) is 0 Å². The molecule has 0 bridgehead atoms. The maximum Gasteiger partial charge on any atom is 0.432 e. The molecular formula is C14H11ClF4N2O2. The van der Waals surface area contributed by atoms with Crippen molar-refractivity contribution in [2.24, 2.45) is 7.05 Å². The molecule has 2 aromatic rings. The zero-order chi connectivity index (χ0) is 17.5. The number of hydrogen-bond donors (Lipinski definition) is 0. The van der Waals surface area contributed by atoms with Gasteiger partial charge in [-0.15, -0.1) is 0 Å². The Morgan fingerprint density at radius 2 is 1.83 bits per heavy atom. The highest BCUT2D eigenvalue weighted by atomic mass is 35.5. The Morgan fingerprint density at radius 3 is 2.30 bits per heavy atom. The molecule has 23 heavy (non-hydrogen) atoms. The van der Waals surface area contributed by atoms with Crippen LogP contribution in [0, 0.1) is 5.82 Å². The monoisotopic (exact) mass is 350 g/mol. The maximum absolute atomic E-state index is 14.0. The van der Waals surface area contributed by atoms with E-state index in [0.29, 0.717) is 9.13 Å². The van der Waals surface area contributed by atoms with Gasteiger partial charge in [0.25, 0.3) is 5.56 Å². The van der Waals surface area contributed by atoms with Gasteiger partial charge >= 0.3 is 11.9 Å². The van der Waals surface area contributed by atoms with Gasteiger partial charge in [0.05, 0.1) is 5.69 Å². The van der Waals surface area contributed by atoms with Gasteiger partial charge in [-0.2, -0.15) is 13.2 Å². The van der Waals surface area contributed by atoms with Gasteiger partial charge in [0.15, 0.2) is 0 Å². The van der Waals surface area contributed by atoms with E-state index in [2.05, 4.69) is 0 Å². The van der Waals surface area contributed by atoms with Crippen molar-refractivity contribution in [1.29, 1.82) is 0 Å². The largest absolute Gasteiger partial charge is 0.432 e. The normalized spacial score (nSPS) is 11.8. The van der Waals surface area contributed by atoms with E-state index in [1.54, 1.807) is 0 Å². The van der Waals surface area contributed by atoms with Crippen LogP contribution in [-0.2, 0) is 19.6 Å². The zero-order valence-electron chi connectivity index (χ0n) is 12.0. The second-order valence-corrected chi connectivity index (χ2v) is 5.19. The Labute approximate surface area is 132 Å². The molecule has 0 saturated carbocycles. The van der Waals surface area contributed by atoms with Crippen LogP contribution in [0.2, 0.25) is 5.02 Å². The maximum atomic E-state index is 14.0. The lowest BCUT2D eigenvalue weighted by Gasteiger charge is -2.18. The average molecular weight is 351 g/mol. The molecular weight excluding hydrogens is 340 g/mol. The first-order chi connectivity index (χ1) is 10.6. The topological polar surface area (TPSA) is 44.0 Å². The van der Waals surface area contributed by atoms with E-state index in [1.807, 2.05) is 0 Å². The van der Waals surface area contributed by atoms with Crippen LogP contribution in [0.3, 0.4) is 0 Å². The molecule has 4 nitrogen and oxygen atoms in total. The molecule has 0 unspecified atom stereocenters. The third-order valence-corrected chi connectivity index (χ3v) is 3.57. The average Bonchev–Trinajstić information content (AvgIpc) is 2.43. The van der Waals surface area contributed by atoms with Gasteiger partial charge in [-0.05, 0) is 24.6 Å². The lowest BCUT2D eigenvalue weighted by Crippen LogP contribution is -2.43. The zero-order valence-corrected chi connectivity index (χ0v) is 12.8. The second-order valence-electron chi connectivity index (χ2n) is 4.76. The van der Waals surface area contributed by atoms with Gasteiger partial charge in [0, 0.05) is 17.6 Å². The summed E-state index contributed by atoms with van der Waals surface area (Å²) in [6.07, 6.45) is -5.15. The fourth-order valence-corrected chi connectivity index (χ4v) is 2.48. The van der Waals surface area contributed by atoms with E-state index in [-0.39, 0.29) is 11.4 Å². The third-order valence-electron chi connectivity index (χ3n) is 3.33. The summed E-state index contributed by atoms with van der Waals surface area (Å²) in [6.45, 7) is 1.35. The predicted octanol–water partition coefficient (Wildman–Crippen LogP) is 2.91. The molecule has 0 radical (unpaired) electrons. The van der Waals surface area contributed by atoms with Crippen LogP contribution in [0.4, 0.5) is 17.6 Å². The molecule has 9 heteroatoms. The van der Waals surface area contributed by atoms with Crippen LogP contribution in [0.1, 0.15) is 18.2 Å². The van der Waals surface area contributed by atoms with Gasteiger partial charge < -0.3 is 0 Å². The minimum Gasteiger partial charge on any atom is -0.292 e. The molecule has 0 saturated heterocycles. The number of alkyl halides is 3. The standard InChI is InChI=1S/C14H11ClF4N2O2/c1-3-8-11(14(17,18)19)20(2)13(23)21(12(8)22)10-5-4-7(15)6-9(10)16/h4-6H,3H2,1-2H3. The highest BCUT2D eigenvalue weighted by molar-refractivity contribution is 6.30. The minimum absolute atomic E-state index is 0.0266. The number of aromatic nitrogens is 2. The molecule has 0 spiro atoms. The molecule has 0 N–H and O–H groups in total. The van der Waals surface area contributed by atoms with Crippen LogP contribution in [-0.4, -0.2) is 9.13 Å². The van der Waals surface area contributed by atoms with E-state index in [4.69, 9.17) is 11.6 Å². The SMILES string of the molecule is CCc1c(C(F)(F)F)n(C)c(=O)n(-c2ccc(Cl)cc2F)c1=O. The summed E-state index contributed by atoms with van der Waals surface area (Å²) in [6, 6.07) is 3.16. The van der Waals surface area contributed by atoms with Crippen molar-refractivity contribution in [1.82, 2.24) is 9.13 Å². The third kappa shape index (κ3) is 2.90. The molecule has 124 valence electrons. The lowest BCUT2D eigenvalue weighted by molar-refractivity contribution is -0.144. The summed E-state index contributed by atoms with van der Waals surface area (Å²) in [4.78, 5) is 24.5.